The fourth-order valence-electron chi connectivity index (χ4n) is 3.26. The minimum Gasteiger partial charge on any atom is -0.490 e. The van der Waals surface area contributed by atoms with E-state index < -0.39 is 18.8 Å². The lowest BCUT2D eigenvalue weighted by molar-refractivity contribution is -0.185. The zero-order valence-electron chi connectivity index (χ0n) is 13.4. The summed E-state index contributed by atoms with van der Waals surface area (Å²) in [6.45, 7) is -0.785. The number of hydrogen-bond donors (Lipinski definition) is 0. The monoisotopic (exact) mass is 355 g/mol. The number of halogens is 4. The second-order valence-electron chi connectivity index (χ2n) is 6.23. The van der Waals surface area contributed by atoms with Gasteiger partial charge < -0.3 is 4.74 Å². The van der Waals surface area contributed by atoms with Gasteiger partial charge in [0.15, 0.2) is 6.29 Å². The Bertz CT molecular complexity index is 767. The number of pyridine rings is 1. The zero-order valence-corrected chi connectivity index (χ0v) is 13.4. The SMILES string of the molecule is O=Cc1ccc2c(CF)c(O[C@H]3CC[C@@H](C(F)(F)F)CC3)ccc2n1. The Labute approximate surface area is 142 Å². The van der Waals surface area contributed by atoms with Crippen molar-refractivity contribution in [2.45, 2.75) is 44.6 Å². The number of fused-ring (bicyclic) bond motifs is 1. The molecule has 7 heteroatoms. The van der Waals surface area contributed by atoms with Crippen LogP contribution in [0.2, 0.25) is 0 Å². The van der Waals surface area contributed by atoms with Gasteiger partial charge in [0.05, 0.1) is 17.5 Å². The van der Waals surface area contributed by atoms with E-state index in [-0.39, 0.29) is 37.5 Å². The van der Waals surface area contributed by atoms with E-state index in [4.69, 9.17) is 4.74 Å². The van der Waals surface area contributed by atoms with E-state index in [1.165, 1.54) is 6.07 Å². The summed E-state index contributed by atoms with van der Waals surface area (Å²) in [5.74, 6) is -0.957. The molecule has 0 aliphatic heterocycles. The lowest BCUT2D eigenvalue weighted by atomic mass is 9.87. The van der Waals surface area contributed by atoms with Crippen molar-refractivity contribution >= 4 is 17.2 Å². The number of aldehydes is 1. The number of alkyl halides is 4. The third-order valence-electron chi connectivity index (χ3n) is 4.65. The minimum atomic E-state index is -4.17. The number of carbonyl (C=O) groups is 1. The molecule has 0 unspecified atom stereocenters. The van der Waals surface area contributed by atoms with E-state index in [1.807, 2.05) is 0 Å². The van der Waals surface area contributed by atoms with Gasteiger partial charge in [-0.25, -0.2) is 9.37 Å². The van der Waals surface area contributed by atoms with Crippen LogP contribution in [0.5, 0.6) is 5.75 Å². The fraction of sp³-hybridized carbons (Fsp3) is 0.444. The molecule has 1 saturated carbocycles. The Hall–Kier alpha value is -2.18. The fourth-order valence-corrected chi connectivity index (χ4v) is 3.26. The lowest BCUT2D eigenvalue weighted by Gasteiger charge is -2.30. The highest BCUT2D eigenvalue weighted by atomic mass is 19.4. The number of benzene rings is 1. The van der Waals surface area contributed by atoms with Crippen LogP contribution in [-0.4, -0.2) is 23.6 Å². The summed E-state index contributed by atoms with van der Waals surface area (Å²) in [6.07, 6.45) is -3.29. The van der Waals surface area contributed by atoms with Gasteiger partial charge in [0, 0.05) is 10.9 Å². The molecule has 1 aliphatic rings. The van der Waals surface area contributed by atoms with Crippen molar-refractivity contribution < 1.29 is 27.1 Å². The van der Waals surface area contributed by atoms with Crippen LogP contribution >= 0.6 is 0 Å². The van der Waals surface area contributed by atoms with Crippen LogP contribution in [0, 0.1) is 5.92 Å². The number of ether oxygens (including phenoxy) is 1. The maximum absolute atomic E-state index is 13.5. The summed E-state index contributed by atoms with van der Waals surface area (Å²) >= 11 is 0. The van der Waals surface area contributed by atoms with E-state index >= 15 is 0 Å². The van der Waals surface area contributed by atoms with Gasteiger partial charge in [-0.05, 0) is 43.9 Å². The molecular weight excluding hydrogens is 338 g/mol. The molecule has 0 spiro atoms. The van der Waals surface area contributed by atoms with Gasteiger partial charge in [0.1, 0.15) is 18.1 Å². The maximum atomic E-state index is 13.5. The summed E-state index contributed by atoms with van der Waals surface area (Å²) in [6, 6.07) is 6.29. The topological polar surface area (TPSA) is 39.2 Å². The molecule has 1 aromatic heterocycles. The van der Waals surface area contributed by atoms with Crippen molar-refractivity contribution in [3.63, 3.8) is 0 Å². The minimum absolute atomic E-state index is 0.0248. The first-order valence-electron chi connectivity index (χ1n) is 8.09. The highest BCUT2D eigenvalue weighted by Gasteiger charge is 2.41. The first-order chi connectivity index (χ1) is 11.9. The predicted molar refractivity (Wildman–Crippen MR) is 84.4 cm³/mol. The summed E-state index contributed by atoms with van der Waals surface area (Å²) in [5.41, 5.74) is 1.03. The van der Waals surface area contributed by atoms with Crippen LogP contribution < -0.4 is 4.74 Å². The average Bonchev–Trinajstić information content (AvgIpc) is 2.60. The Balaban J connectivity index is 1.79. The smallest absolute Gasteiger partial charge is 0.391 e. The first-order valence-corrected chi connectivity index (χ1v) is 8.09. The van der Waals surface area contributed by atoms with Gasteiger partial charge in [0.2, 0.25) is 0 Å². The van der Waals surface area contributed by atoms with Crippen LogP contribution in [0.4, 0.5) is 17.6 Å². The standard InChI is InChI=1S/C18H17F4NO2/c19-9-15-14-6-3-12(10-24)23-16(14)7-8-17(15)25-13-4-1-11(2-5-13)18(20,21)22/h3,6-8,10-11,13H,1-2,4-5,9H2/t11-,13+. The number of aromatic nitrogens is 1. The second kappa shape index (κ2) is 6.98. The molecule has 1 aromatic carbocycles. The normalized spacial score (nSPS) is 21.3. The maximum Gasteiger partial charge on any atom is 0.391 e. The first kappa shape index (κ1) is 17.6. The van der Waals surface area contributed by atoms with E-state index in [9.17, 15) is 22.4 Å². The second-order valence-corrected chi connectivity index (χ2v) is 6.23. The van der Waals surface area contributed by atoms with Gasteiger partial charge in [-0.2, -0.15) is 13.2 Å². The molecule has 0 radical (unpaired) electrons. The largest absolute Gasteiger partial charge is 0.490 e. The molecule has 1 fully saturated rings. The Morgan fingerprint density at radius 1 is 1.12 bits per heavy atom. The number of carbonyl (C=O) groups excluding carboxylic acids is 1. The van der Waals surface area contributed by atoms with Crippen molar-refractivity contribution in [3.05, 3.63) is 35.5 Å². The molecular formula is C18H17F4NO2. The number of rotatable bonds is 4. The molecule has 3 nitrogen and oxygen atoms in total. The number of nitrogens with zero attached hydrogens (tertiary/aromatic N) is 1. The molecule has 1 heterocycles. The van der Waals surface area contributed by atoms with Crippen LogP contribution in [0.3, 0.4) is 0 Å². The van der Waals surface area contributed by atoms with E-state index in [0.29, 0.717) is 28.5 Å². The molecule has 0 N–H and O–H groups in total. The molecule has 2 aromatic rings. The van der Waals surface area contributed by atoms with Gasteiger partial charge in [0.25, 0.3) is 0 Å². The van der Waals surface area contributed by atoms with Crippen molar-refractivity contribution in [2.75, 3.05) is 0 Å². The Kier molecular flexibility index (Phi) is 4.92. The molecule has 0 saturated heterocycles. The van der Waals surface area contributed by atoms with E-state index in [2.05, 4.69) is 4.98 Å². The third kappa shape index (κ3) is 3.75. The van der Waals surface area contributed by atoms with Crippen LogP contribution in [0.15, 0.2) is 24.3 Å². The molecule has 0 atom stereocenters. The van der Waals surface area contributed by atoms with E-state index in [0.717, 1.165) is 0 Å². The average molecular weight is 355 g/mol. The quantitative estimate of drug-likeness (QED) is 0.571. The van der Waals surface area contributed by atoms with Crippen LogP contribution in [-0.2, 0) is 6.67 Å². The van der Waals surface area contributed by atoms with Crippen LogP contribution in [0.1, 0.15) is 41.7 Å². The van der Waals surface area contributed by atoms with Gasteiger partial charge in [-0.15, -0.1) is 0 Å². The molecule has 3 rings (SSSR count). The van der Waals surface area contributed by atoms with Crippen molar-refractivity contribution in [1.29, 1.82) is 0 Å². The van der Waals surface area contributed by atoms with Gasteiger partial charge in [-0.1, -0.05) is 6.07 Å². The van der Waals surface area contributed by atoms with Crippen molar-refractivity contribution in [2.24, 2.45) is 5.92 Å². The van der Waals surface area contributed by atoms with Gasteiger partial charge in [-0.3, -0.25) is 4.79 Å². The summed E-state index contributed by atoms with van der Waals surface area (Å²) in [4.78, 5) is 14.9. The molecule has 134 valence electrons. The van der Waals surface area contributed by atoms with Crippen molar-refractivity contribution in [1.82, 2.24) is 4.98 Å². The lowest BCUT2D eigenvalue weighted by Crippen LogP contribution is -2.32. The summed E-state index contributed by atoms with van der Waals surface area (Å²) < 4.78 is 57.5. The number of hydrogen-bond acceptors (Lipinski definition) is 3. The van der Waals surface area contributed by atoms with Gasteiger partial charge >= 0.3 is 6.18 Å². The van der Waals surface area contributed by atoms with Crippen LogP contribution in [0.25, 0.3) is 10.9 Å². The zero-order chi connectivity index (χ0) is 18.0. The predicted octanol–water partition coefficient (Wildman–Crippen LogP) is 5.02. The summed E-state index contributed by atoms with van der Waals surface area (Å²) in [7, 11) is 0. The molecule has 0 bridgehead atoms. The van der Waals surface area contributed by atoms with E-state index in [1.54, 1.807) is 18.2 Å². The third-order valence-corrected chi connectivity index (χ3v) is 4.65. The molecule has 25 heavy (non-hydrogen) atoms. The Morgan fingerprint density at radius 3 is 2.44 bits per heavy atom. The Morgan fingerprint density at radius 2 is 1.84 bits per heavy atom. The van der Waals surface area contributed by atoms with Crippen molar-refractivity contribution in [3.8, 4) is 5.75 Å². The molecule has 1 aliphatic carbocycles. The highest BCUT2D eigenvalue weighted by molar-refractivity contribution is 5.87. The highest BCUT2D eigenvalue weighted by Crippen LogP contribution is 2.39. The summed E-state index contributed by atoms with van der Waals surface area (Å²) in [5, 5.41) is 0.537. The molecule has 0 amide bonds.